The van der Waals surface area contributed by atoms with Crippen molar-refractivity contribution in [2.24, 2.45) is 5.73 Å². The first-order valence-corrected chi connectivity index (χ1v) is 7.31. The van der Waals surface area contributed by atoms with Crippen molar-refractivity contribution < 1.29 is 14.3 Å². The number of benzene rings is 2. The highest BCUT2D eigenvalue weighted by Crippen LogP contribution is 2.20. The number of rotatable bonds is 6. The molecular weight excluding hydrogens is 292 g/mol. The van der Waals surface area contributed by atoms with E-state index < -0.39 is 5.91 Å². The zero-order valence-corrected chi connectivity index (χ0v) is 13.3. The molecule has 0 aliphatic rings. The van der Waals surface area contributed by atoms with Gasteiger partial charge in [-0.25, -0.2) is 0 Å². The molecule has 0 aliphatic heterocycles. The minimum atomic E-state index is -0.575. The van der Waals surface area contributed by atoms with Gasteiger partial charge in [0, 0.05) is 5.69 Å². The van der Waals surface area contributed by atoms with E-state index in [1.54, 1.807) is 24.3 Å². The van der Waals surface area contributed by atoms with E-state index in [1.165, 1.54) is 4.90 Å². The Morgan fingerprint density at radius 1 is 1.09 bits per heavy atom. The quantitative estimate of drug-likeness (QED) is 0.888. The third-order valence-corrected chi connectivity index (χ3v) is 3.38. The number of amides is 2. The Bertz CT molecular complexity index is 699. The largest absolute Gasteiger partial charge is 0.483 e. The van der Waals surface area contributed by atoms with Crippen LogP contribution in [-0.4, -0.2) is 25.0 Å². The van der Waals surface area contributed by atoms with Crippen molar-refractivity contribution in [3.05, 3.63) is 59.7 Å². The predicted molar refractivity (Wildman–Crippen MR) is 89.4 cm³/mol. The van der Waals surface area contributed by atoms with E-state index in [1.807, 2.05) is 38.1 Å². The summed E-state index contributed by atoms with van der Waals surface area (Å²) >= 11 is 0. The molecule has 2 amide bonds. The number of anilines is 1. The van der Waals surface area contributed by atoms with Crippen LogP contribution in [0.2, 0.25) is 0 Å². The van der Waals surface area contributed by atoms with Gasteiger partial charge in [0.25, 0.3) is 5.91 Å². The molecule has 5 nitrogen and oxygen atoms in total. The maximum Gasteiger partial charge on any atom is 0.265 e. The van der Waals surface area contributed by atoms with Crippen LogP contribution >= 0.6 is 0 Å². The third-order valence-electron chi connectivity index (χ3n) is 3.38. The van der Waals surface area contributed by atoms with E-state index in [0.29, 0.717) is 11.4 Å². The summed E-state index contributed by atoms with van der Waals surface area (Å²) in [5.41, 5.74) is 7.86. The van der Waals surface area contributed by atoms with Gasteiger partial charge in [-0.3, -0.25) is 9.59 Å². The van der Waals surface area contributed by atoms with E-state index in [2.05, 4.69) is 0 Å². The molecule has 0 atom stereocenters. The van der Waals surface area contributed by atoms with Crippen LogP contribution in [0.5, 0.6) is 5.75 Å². The first-order valence-electron chi connectivity index (χ1n) is 7.31. The standard InChI is InChI=1S/C18H20N2O3/c1-13-8-9-14(2)16(10-13)23-12-18(22)20(11-17(19)21)15-6-4-3-5-7-15/h3-10H,11-12H2,1-2H3,(H2,19,21). The zero-order valence-electron chi connectivity index (χ0n) is 13.3. The topological polar surface area (TPSA) is 72.6 Å². The second kappa shape index (κ2) is 7.45. The average Bonchev–Trinajstić information content (AvgIpc) is 2.54. The van der Waals surface area contributed by atoms with Crippen molar-refractivity contribution in [2.75, 3.05) is 18.1 Å². The molecule has 0 saturated carbocycles. The molecule has 5 heteroatoms. The molecule has 120 valence electrons. The Kier molecular flexibility index (Phi) is 5.36. The summed E-state index contributed by atoms with van der Waals surface area (Å²) in [6.07, 6.45) is 0. The lowest BCUT2D eigenvalue weighted by atomic mass is 10.1. The second-order valence-corrected chi connectivity index (χ2v) is 5.34. The van der Waals surface area contributed by atoms with Crippen LogP contribution < -0.4 is 15.4 Å². The number of aryl methyl sites for hydroxylation is 2. The van der Waals surface area contributed by atoms with E-state index >= 15 is 0 Å². The molecule has 0 radical (unpaired) electrons. The molecule has 2 aromatic rings. The summed E-state index contributed by atoms with van der Waals surface area (Å²) in [6, 6.07) is 14.7. The maximum absolute atomic E-state index is 12.4. The van der Waals surface area contributed by atoms with Gasteiger partial charge in [0.1, 0.15) is 12.3 Å². The molecule has 2 rings (SSSR count). The summed E-state index contributed by atoms with van der Waals surface area (Å²) in [4.78, 5) is 25.0. The summed E-state index contributed by atoms with van der Waals surface area (Å²) in [7, 11) is 0. The highest BCUT2D eigenvalue weighted by atomic mass is 16.5. The van der Waals surface area contributed by atoms with Gasteiger partial charge in [0.15, 0.2) is 6.61 Å². The number of ether oxygens (including phenoxy) is 1. The van der Waals surface area contributed by atoms with E-state index in [4.69, 9.17) is 10.5 Å². The highest BCUT2D eigenvalue weighted by Gasteiger charge is 2.18. The highest BCUT2D eigenvalue weighted by molar-refractivity contribution is 5.99. The molecule has 0 unspecified atom stereocenters. The SMILES string of the molecule is Cc1ccc(C)c(OCC(=O)N(CC(N)=O)c2ccccc2)c1. The number of nitrogens with two attached hydrogens (primary N) is 1. The normalized spacial score (nSPS) is 10.2. The Hall–Kier alpha value is -2.82. The van der Waals surface area contributed by atoms with Crippen molar-refractivity contribution in [1.82, 2.24) is 0 Å². The lowest BCUT2D eigenvalue weighted by Gasteiger charge is -2.21. The molecular formula is C18H20N2O3. The Morgan fingerprint density at radius 2 is 1.78 bits per heavy atom. The van der Waals surface area contributed by atoms with Crippen LogP contribution in [-0.2, 0) is 9.59 Å². The zero-order chi connectivity index (χ0) is 16.8. The van der Waals surface area contributed by atoms with E-state index in [9.17, 15) is 9.59 Å². The van der Waals surface area contributed by atoms with Gasteiger partial charge in [0.2, 0.25) is 5.91 Å². The van der Waals surface area contributed by atoms with Crippen LogP contribution in [0.4, 0.5) is 5.69 Å². The summed E-state index contributed by atoms with van der Waals surface area (Å²) in [5, 5.41) is 0. The van der Waals surface area contributed by atoms with Gasteiger partial charge >= 0.3 is 0 Å². The van der Waals surface area contributed by atoms with E-state index in [-0.39, 0.29) is 19.1 Å². The molecule has 0 fully saturated rings. The summed E-state index contributed by atoms with van der Waals surface area (Å²) in [6.45, 7) is 3.53. The van der Waals surface area contributed by atoms with E-state index in [0.717, 1.165) is 11.1 Å². The number of para-hydroxylation sites is 1. The lowest BCUT2D eigenvalue weighted by molar-refractivity contribution is -0.123. The number of primary amides is 1. The predicted octanol–water partition coefficient (Wildman–Crippen LogP) is 2.20. The summed E-state index contributed by atoms with van der Waals surface area (Å²) < 4.78 is 5.62. The Balaban J connectivity index is 2.12. The van der Waals surface area contributed by atoms with Crippen LogP contribution in [0.3, 0.4) is 0 Å². The van der Waals surface area contributed by atoms with Crippen molar-refractivity contribution in [2.45, 2.75) is 13.8 Å². The van der Waals surface area contributed by atoms with Crippen molar-refractivity contribution in [1.29, 1.82) is 0 Å². The molecule has 23 heavy (non-hydrogen) atoms. The van der Waals surface area contributed by atoms with Gasteiger partial charge in [0.05, 0.1) is 0 Å². The molecule has 0 heterocycles. The molecule has 2 aromatic carbocycles. The Labute approximate surface area is 135 Å². The van der Waals surface area contributed by atoms with Gasteiger partial charge in [-0.1, -0.05) is 30.3 Å². The lowest BCUT2D eigenvalue weighted by Crippen LogP contribution is -2.41. The smallest absolute Gasteiger partial charge is 0.265 e. The third kappa shape index (κ3) is 4.57. The molecule has 0 aliphatic carbocycles. The fourth-order valence-electron chi connectivity index (χ4n) is 2.17. The molecule has 0 saturated heterocycles. The first-order chi connectivity index (χ1) is 11.0. The number of hydrogen-bond acceptors (Lipinski definition) is 3. The molecule has 0 aromatic heterocycles. The van der Waals surface area contributed by atoms with Crippen molar-refractivity contribution in [3.8, 4) is 5.75 Å². The summed E-state index contributed by atoms with van der Waals surface area (Å²) in [5.74, 6) is -0.240. The minimum Gasteiger partial charge on any atom is -0.483 e. The number of hydrogen-bond donors (Lipinski definition) is 1. The fraction of sp³-hybridized carbons (Fsp3) is 0.222. The Morgan fingerprint density at radius 3 is 2.43 bits per heavy atom. The number of carbonyl (C=O) groups is 2. The maximum atomic E-state index is 12.4. The molecule has 0 spiro atoms. The van der Waals surface area contributed by atoms with Crippen LogP contribution in [0.15, 0.2) is 48.5 Å². The first kappa shape index (κ1) is 16.5. The number of nitrogens with zero attached hydrogens (tertiary/aromatic N) is 1. The van der Waals surface area contributed by atoms with Gasteiger partial charge < -0.3 is 15.4 Å². The number of carbonyl (C=O) groups excluding carboxylic acids is 2. The van der Waals surface area contributed by atoms with Gasteiger partial charge in [-0.05, 0) is 43.2 Å². The van der Waals surface area contributed by atoms with Gasteiger partial charge in [-0.2, -0.15) is 0 Å². The monoisotopic (exact) mass is 312 g/mol. The molecule has 0 bridgehead atoms. The van der Waals surface area contributed by atoms with Crippen LogP contribution in [0.25, 0.3) is 0 Å². The minimum absolute atomic E-state index is 0.160. The van der Waals surface area contributed by atoms with Crippen LogP contribution in [0, 0.1) is 13.8 Å². The average molecular weight is 312 g/mol. The molecule has 2 N–H and O–H groups in total. The van der Waals surface area contributed by atoms with Crippen molar-refractivity contribution in [3.63, 3.8) is 0 Å². The van der Waals surface area contributed by atoms with Crippen molar-refractivity contribution >= 4 is 17.5 Å². The fourth-order valence-corrected chi connectivity index (χ4v) is 2.17. The van der Waals surface area contributed by atoms with Crippen LogP contribution in [0.1, 0.15) is 11.1 Å². The van der Waals surface area contributed by atoms with Gasteiger partial charge in [-0.15, -0.1) is 0 Å². The second-order valence-electron chi connectivity index (χ2n) is 5.34.